The van der Waals surface area contributed by atoms with Gasteiger partial charge in [-0.05, 0) is 18.2 Å². The predicted octanol–water partition coefficient (Wildman–Crippen LogP) is 0.405. The molecule has 7 heteroatoms. The fourth-order valence-electron chi connectivity index (χ4n) is 1.52. The lowest BCUT2D eigenvalue weighted by atomic mass is 10.1. The molecule has 0 saturated heterocycles. The molecule has 20 heavy (non-hydrogen) atoms. The molecule has 0 radical (unpaired) electrons. The van der Waals surface area contributed by atoms with E-state index < -0.39 is 17.4 Å². The number of anilines is 1. The standard InChI is InChI=1S/C13H11FN4O2/c14-9-3-4-10(8(6-9)2-1-5-15)17-12(19)11-7-16-13(20)18-11/h3-4,6-7H,5,15H2,(H,17,19)(H2,16,18,20). The van der Waals surface area contributed by atoms with E-state index in [4.69, 9.17) is 5.73 Å². The highest BCUT2D eigenvalue weighted by molar-refractivity contribution is 6.03. The van der Waals surface area contributed by atoms with Gasteiger partial charge >= 0.3 is 5.69 Å². The number of carbonyl (C=O) groups is 1. The first-order valence-corrected chi connectivity index (χ1v) is 5.67. The highest BCUT2D eigenvalue weighted by Gasteiger charge is 2.10. The van der Waals surface area contributed by atoms with Crippen molar-refractivity contribution < 1.29 is 9.18 Å². The van der Waals surface area contributed by atoms with Gasteiger partial charge in [-0.2, -0.15) is 0 Å². The van der Waals surface area contributed by atoms with Crippen LogP contribution >= 0.6 is 0 Å². The fourth-order valence-corrected chi connectivity index (χ4v) is 1.52. The van der Waals surface area contributed by atoms with Gasteiger partial charge in [-0.3, -0.25) is 4.79 Å². The summed E-state index contributed by atoms with van der Waals surface area (Å²) in [4.78, 5) is 27.4. The Kier molecular flexibility index (Phi) is 3.98. The maximum atomic E-state index is 13.2. The zero-order valence-electron chi connectivity index (χ0n) is 10.3. The third-order valence-corrected chi connectivity index (χ3v) is 2.40. The molecule has 1 aromatic heterocycles. The van der Waals surface area contributed by atoms with E-state index in [-0.39, 0.29) is 12.2 Å². The van der Waals surface area contributed by atoms with E-state index in [0.717, 1.165) is 0 Å². The molecule has 0 aliphatic carbocycles. The van der Waals surface area contributed by atoms with Crippen molar-refractivity contribution in [2.75, 3.05) is 11.9 Å². The molecule has 1 aromatic carbocycles. The van der Waals surface area contributed by atoms with Gasteiger partial charge < -0.3 is 21.0 Å². The molecule has 2 rings (SSSR count). The minimum atomic E-state index is -0.536. The van der Waals surface area contributed by atoms with Gasteiger partial charge in [0.25, 0.3) is 5.91 Å². The Morgan fingerprint density at radius 3 is 2.90 bits per heavy atom. The van der Waals surface area contributed by atoms with Gasteiger partial charge in [0.2, 0.25) is 0 Å². The van der Waals surface area contributed by atoms with Crippen molar-refractivity contribution in [1.82, 2.24) is 9.97 Å². The number of aromatic nitrogens is 2. The van der Waals surface area contributed by atoms with Crippen LogP contribution in [0.4, 0.5) is 10.1 Å². The third-order valence-electron chi connectivity index (χ3n) is 2.40. The van der Waals surface area contributed by atoms with Crippen molar-refractivity contribution in [3.05, 3.63) is 52.0 Å². The summed E-state index contributed by atoms with van der Waals surface area (Å²) < 4.78 is 13.2. The second-order valence-electron chi connectivity index (χ2n) is 3.81. The van der Waals surface area contributed by atoms with Crippen LogP contribution in [0.5, 0.6) is 0 Å². The van der Waals surface area contributed by atoms with Gasteiger partial charge in [0.15, 0.2) is 0 Å². The number of nitrogens with two attached hydrogens (primary N) is 1. The van der Waals surface area contributed by atoms with E-state index in [1.165, 1.54) is 24.4 Å². The topological polar surface area (TPSA) is 104 Å². The Balaban J connectivity index is 2.29. The molecular formula is C13H11FN4O2. The van der Waals surface area contributed by atoms with Crippen molar-refractivity contribution in [3.63, 3.8) is 0 Å². The number of nitrogens with one attached hydrogen (secondary N) is 3. The fraction of sp³-hybridized carbons (Fsp3) is 0.0769. The molecule has 1 amide bonds. The van der Waals surface area contributed by atoms with E-state index in [0.29, 0.717) is 11.3 Å². The van der Waals surface area contributed by atoms with Crippen LogP contribution in [0.2, 0.25) is 0 Å². The highest BCUT2D eigenvalue weighted by Crippen LogP contribution is 2.16. The lowest BCUT2D eigenvalue weighted by Gasteiger charge is -2.06. The van der Waals surface area contributed by atoms with Crippen molar-refractivity contribution in [3.8, 4) is 11.8 Å². The molecule has 0 aliphatic heterocycles. The van der Waals surface area contributed by atoms with Crippen molar-refractivity contribution in [1.29, 1.82) is 0 Å². The Bertz CT molecular complexity index is 751. The molecule has 0 unspecified atom stereocenters. The lowest BCUT2D eigenvalue weighted by molar-refractivity contribution is 0.102. The van der Waals surface area contributed by atoms with Crippen LogP contribution in [0.25, 0.3) is 0 Å². The Morgan fingerprint density at radius 2 is 2.25 bits per heavy atom. The summed E-state index contributed by atoms with van der Waals surface area (Å²) in [5, 5.41) is 2.54. The largest absolute Gasteiger partial charge is 0.323 e. The smallest absolute Gasteiger partial charge is 0.320 e. The van der Waals surface area contributed by atoms with E-state index >= 15 is 0 Å². The minimum Gasteiger partial charge on any atom is -0.320 e. The minimum absolute atomic E-state index is 0.0667. The molecule has 0 aliphatic rings. The monoisotopic (exact) mass is 274 g/mol. The second-order valence-corrected chi connectivity index (χ2v) is 3.81. The number of benzene rings is 1. The molecular weight excluding hydrogens is 263 g/mol. The number of H-pyrrole nitrogens is 2. The summed E-state index contributed by atoms with van der Waals surface area (Å²) in [7, 11) is 0. The molecule has 0 atom stereocenters. The second kappa shape index (κ2) is 5.86. The third kappa shape index (κ3) is 3.13. The predicted molar refractivity (Wildman–Crippen MR) is 71.7 cm³/mol. The number of hydrogen-bond donors (Lipinski definition) is 4. The number of imidazole rings is 1. The SMILES string of the molecule is NCC#Cc1cc(F)ccc1NC(=O)c1c[nH]c(=O)[nH]1. The first kappa shape index (κ1) is 13.6. The zero-order chi connectivity index (χ0) is 14.5. The number of aromatic amines is 2. The van der Waals surface area contributed by atoms with E-state index in [2.05, 4.69) is 27.1 Å². The van der Waals surface area contributed by atoms with Crippen LogP contribution < -0.4 is 16.7 Å². The summed E-state index contributed by atoms with van der Waals surface area (Å²) in [5.41, 5.74) is 5.48. The van der Waals surface area contributed by atoms with Crippen molar-refractivity contribution in [2.45, 2.75) is 0 Å². The van der Waals surface area contributed by atoms with Crippen LogP contribution in [0.3, 0.4) is 0 Å². The van der Waals surface area contributed by atoms with Gasteiger partial charge in [0.1, 0.15) is 11.5 Å². The number of amides is 1. The van der Waals surface area contributed by atoms with Crippen molar-refractivity contribution in [2.24, 2.45) is 5.73 Å². The summed E-state index contributed by atoms with van der Waals surface area (Å²) in [5.74, 6) is 4.24. The van der Waals surface area contributed by atoms with Crippen molar-refractivity contribution >= 4 is 11.6 Å². The zero-order valence-corrected chi connectivity index (χ0v) is 10.3. The van der Waals surface area contributed by atoms with E-state index in [1.54, 1.807) is 0 Å². The van der Waals surface area contributed by atoms with Gasteiger partial charge in [0.05, 0.1) is 17.8 Å². The molecule has 0 bridgehead atoms. The van der Waals surface area contributed by atoms with Gasteiger partial charge in [-0.1, -0.05) is 11.8 Å². The Hall–Kier alpha value is -2.85. The average Bonchev–Trinajstić information content (AvgIpc) is 2.85. The number of rotatable bonds is 2. The maximum absolute atomic E-state index is 13.2. The van der Waals surface area contributed by atoms with Gasteiger partial charge in [0, 0.05) is 6.20 Å². The first-order valence-electron chi connectivity index (χ1n) is 5.67. The van der Waals surface area contributed by atoms with Crippen LogP contribution in [0.1, 0.15) is 16.1 Å². The van der Waals surface area contributed by atoms with Crippen LogP contribution in [-0.4, -0.2) is 22.4 Å². The number of halogens is 1. The average molecular weight is 274 g/mol. The Morgan fingerprint density at radius 1 is 1.45 bits per heavy atom. The van der Waals surface area contributed by atoms with Crippen LogP contribution in [-0.2, 0) is 0 Å². The first-order chi connectivity index (χ1) is 9.60. The summed E-state index contributed by atoms with van der Waals surface area (Å²) in [6.07, 6.45) is 1.24. The molecule has 5 N–H and O–H groups in total. The quantitative estimate of drug-likeness (QED) is 0.596. The highest BCUT2D eigenvalue weighted by atomic mass is 19.1. The number of hydrogen-bond acceptors (Lipinski definition) is 3. The molecule has 0 spiro atoms. The molecule has 0 saturated carbocycles. The van der Waals surface area contributed by atoms with E-state index in [9.17, 15) is 14.0 Å². The summed E-state index contributed by atoms with van der Waals surface area (Å²) in [6.45, 7) is 0.120. The van der Waals surface area contributed by atoms with Gasteiger partial charge in [-0.25, -0.2) is 9.18 Å². The molecule has 6 nitrogen and oxygen atoms in total. The summed E-state index contributed by atoms with van der Waals surface area (Å²) in [6, 6.07) is 3.78. The molecule has 2 aromatic rings. The number of carbonyl (C=O) groups excluding carboxylic acids is 1. The van der Waals surface area contributed by atoms with Crippen LogP contribution in [0, 0.1) is 17.7 Å². The molecule has 102 valence electrons. The maximum Gasteiger partial charge on any atom is 0.323 e. The molecule has 0 fully saturated rings. The lowest BCUT2D eigenvalue weighted by Crippen LogP contribution is -2.15. The van der Waals surface area contributed by atoms with Crippen LogP contribution in [0.15, 0.2) is 29.2 Å². The van der Waals surface area contributed by atoms with Gasteiger partial charge in [-0.15, -0.1) is 0 Å². The van der Waals surface area contributed by atoms with E-state index in [1.807, 2.05) is 0 Å². The Labute approximate surface area is 113 Å². The normalized spacial score (nSPS) is 9.70. The summed E-state index contributed by atoms with van der Waals surface area (Å²) >= 11 is 0. The molecule has 1 heterocycles.